The number of halogens is 1. The number of aromatic nitrogens is 2. The van der Waals surface area contributed by atoms with Crippen molar-refractivity contribution in [2.24, 2.45) is 0 Å². The standard InChI is InChI=1S/C15H10ClN3O4S/c1-22-12-5-3-2-4-10(12)14-17-18-15(23-14)24-13-7-6-9(19(20)21)8-11(13)16/h2-8H,1H3. The van der Waals surface area contributed by atoms with E-state index in [0.717, 1.165) is 11.8 Å². The zero-order valence-electron chi connectivity index (χ0n) is 12.3. The van der Waals surface area contributed by atoms with Gasteiger partial charge >= 0.3 is 0 Å². The Morgan fingerprint density at radius 3 is 2.75 bits per heavy atom. The highest BCUT2D eigenvalue weighted by atomic mass is 35.5. The van der Waals surface area contributed by atoms with E-state index < -0.39 is 4.92 Å². The van der Waals surface area contributed by atoms with E-state index in [2.05, 4.69) is 10.2 Å². The first-order valence-corrected chi connectivity index (χ1v) is 7.86. The van der Waals surface area contributed by atoms with Gasteiger partial charge in [-0.15, -0.1) is 10.2 Å². The number of rotatable bonds is 5. The molecule has 0 radical (unpaired) electrons. The molecule has 122 valence electrons. The molecule has 1 aromatic heterocycles. The van der Waals surface area contributed by atoms with Crippen molar-refractivity contribution in [3.8, 4) is 17.2 Å². The van der Waals surface area contributed by atoms with Crippen molar-refractivity contribution in [1.29, 1.82) is 0 Å². The minimum atomic E-state index is -0.507. The number of nitro benzene ring substituents is 1. The molecule has 9 heteroatoms. The van der Waals surface area contributed by atoms with Crippen LogP contribution in [0.25, 0.3) is 11.5 Å². The first-order valence-electron chi connectivity index (χ1n) is 6.67. The summed E-state index contributed by atoms with van der Waals surface area (Å²) < 4.78 is 10.9. The number of nitrogens with zero attached hydrogens (tertiary/aromatic N) is 3. The van der Waals surface area contributed by atoms with Crippen LogP contribution >= 0.6 is 23.4 Å². The van der Waals surface area contributed by atoms with Gasteiger partial charge in [0.05, 0.1) is 22.6 Å². The Hall–Kier alpha value is -2.58. The van der Waals surface area contributed by atoms with Crippen LogP contribution in [0.1, 0.15) is 0 Å². The third kappa shape index (κ3) is 3.34. The monoisotopic (exact) mass is 363 g/mol. The van der Waals surface area contributed by atoms with E-state index in [-0.39, 0.29) is 15.9 Å². The molecule has 0 aliphatic rings. The highest BCUT2D eigenvalue weighted by molar-refractivity contribution is 7.99. The van der Waals surface area contributed by atoms with E-state index in [0.29, 0.717) is 22.1 Å². The van der Waals surface area contributed by atoms with Crippen molar-refractivity contribution in [2.75, 3.05) is 7.11 Å². The molecule has 1 heterocycles. The van der Waals surface area contributed by atoms with Crippen molar-refractivity contribution in [3.63, 3.8) is 0 Å². The number of hydrogen-bond acceptors (Lipinski definition) is 7. The van der Waals surface area contributed by atoms with Gasteiger partial charge in [0.2, 0.25) is 0 Å². The lowest BCUT2D eigenvalue weighted by Gasteiger charge is -2.03. The summed E-state index contributed by atoms with van der Waals surface area (Å²) in [5, 5.41) is 19.2. The second kappa shape index (κ2) is 6.90. The molecule has 2 aromatic carbocycles. The van der Waals surface area contributed by atoms with Gasteiger partial charge in [-0.05, 0) is 30.0 Å². The molecule has 0 aliphatic carbocycles. The lowest BCUT2D eigenvalue weighted by Crippen LogP contribution is -1.87. The molecule has 0 fully saturated rings. The molecule has 3 aromatic rings. The smallest absolute Gasteiger partial charge is 0.281 e. The van der Waals surface area contributed by atoms with Crippen LogP contribution in [-0.2, 0) is 0 Å². The predicted octanol–water partition coefficient (Wildman–Crippen LogP) is 4.46. The van der Waals surface area contributed by atoms with Crippen molar-refractivity contribution in [1.82, 2.24) is 10.2 Å². The quantitative estimate of drug-likeness (QED) is 0.488. The molecule has 0 aliphatic heterocycles. The number of non-ortho nitro benzene ring substituents is 1. The first-order chi connectivity index (χ1) is 11.6. The molecule has 0 unspecified atom stereocenters. The summed E-state index contributed by atoms with van der Waals surface area (Å²) in [7, 11) is 1.56. The van der Waals surface area contributed by atoms with Gasteiger partial charge in [0.15, 0.2) is 0 Å². The Bertz CT molecular complexity index is 900. The zero-order valence-corrected chi connectivity index (χ0v) is 13.9. The van der Waals surface area contributed by atoms with Crippen LogP contribution in [0.2, 0.25) is 5.02 Å². The lowest BCUT2D eigenvalue weighted by molar-refractivity contribution is -0.384. The zero-order chi connectivity index (χ0) is 17.1. The predicted molar refractivity (Wildman–Crippen MR) is 88.5 cm³/mol. The maximum absolute atomic E-state index is 10.7. The lowest BCUT2D eigenvalue weighted by atomic mass is 10.2. The summed E-state index contributed by atoms with van der Waals surface area (Å²) in [6.07, 6.45) is 0. The minimum Gasteiger partial charge on any atom is -0.496 e. The van der Waals surface area contributed by atoms with Crippen LogP contribution in [0.3, 0.4) is 0 Å². The Morgan fingerprint density at radius 1 is 1.25 bits per heavy atom. The summed E-state index contributed by atoms with van der Waals surface area (Å²) in [6.45, 7) is 0. The maximum atomic E-state index is 10.7. The highest BCUT2D eigenvalue weighted by Crippen LogP contribution is 2.36. The summed E-state index contributed by atoms with van der Waals surface area (Å²) >= 11 is 7.19. The third-order valence-electron chi connectivity index (χ3n) is 3.07. The van der Waals surface area contributed by atoms with Crippen LogP contribution in [0.15, 0.2) is 57.0 Å². The molecule has 0 saturated carbocycles. The van der Waals surface area contributed by atoms with E-state index in [4.69, 9.17) is 20.8 Å². The fourth-order valence-electron chi connectivity index (χ4n) is 1.96. The summed E-state index contributed by atoms with van der Waals surface area (Å²) in [4.78, 5) is 10.8. The Morgan fingerprint density at radius 2 is 2.04 bits per heavy atom. The van der Waals surface area contributed by atoms with Crippen LogP contribution in [0.5, 0.6) is 5.75 Å². The van der Waals surface area contributed by atoms with Crippen LogP contribution in [-0.4, -0.2) is 22.2 Å². The molecule has 0 amide bonds. The van der Waals surface area contributed by atoms with Crippen LogP contribution < -0.4 is 4.74 Å². The molecule has 0 saturated heterocycles. The normalized spacial score (nSPS) is 10.6. The molecular formula is C15H10ClN3O4S. The average Bonchev–Trinajstić information content (AvgIpc) is 3.05. The van der Waals surface area contributed by atoms with Gasteiger partial charge in [0.25, 0.3) is 16.8 Å². The molecular weight excluding hydrogens is 354 g/mol. The largest absolute Gasteiger partial charge is 0.496 e. The van der Waals surface area contributed by atoms with Crippen molar-refractivity contribution in [2.45, 2.75) is 10.1 Å². The van der Waals surface area contributed by atoms with Gasteiger partial charge in [-0.25, -0.2) is 0 Å². The fraction of sp³-hybridized carbons (Fsp3) is 0.0667. The van der Waals surface area contributed by atoms with Gasteiger partial charge in [-0.1, -0.05) is 23.7 Å². The third-order valence-corrected chi connectivity index (χ3v) is 4.41. The summed E-state index contributed by atoms with van der Waals surface area (Å²) in [5.41, 5.74) is 0.596. The van der Waals surface area contributed by atoms with Crippen molar-refractivity contribution >= 4 is 29.1 Å². The maximum Gasteiger partial charge on any atom is 0.281 e. The Labute approximate surface area is 145 Å². The van der Waals surface area contributed by atoms with Gasteiger partial charge < -0.3 is 9.15 Å². The Balaban J connectivity index is 1.85. The number of nitro groups is 1. The number of ether oxygens (including phenoxy) is 1. The number of para-hydroxylation sites is 1. The van der Waals surface area contributed by atoms with Gasteiger partial charge in [-0.2, -0.15) is 0 Å². The fourth-order valence-corrected chi connectivity index (χ4v) is 2.93. The average molecular weight is 364 g/mol. The number of hydrogen-bond donors (Lipinski definition) is 0. The van der Waals surface area contributed by atoms with E-state index >= 15 is 0 Å². The van der Waals surface area contributed by atoms with Crippen LogP contribution in [0.4, 0.5) is 5.69 Å². The van der Waals surface area contributed by atoms with Gasteiger partial charge in [-0.3, -0.25) is 10.1 Å². The molecule has 24 heavy (non-hydrogen) atoms. The van der Waals surface area contributed by atoms with E-state index in [1.54, 1.807) is 19.2 Å². The topological polar surface area (TPSA) is 91.3 Å². The molecule has 0 bridgehead atoms. The molecule has 7 nitrogen and oxygen atoms in total. The first kappa shape index (κ1) is 16.3. The van der Waals surface area contributed by atoms with Crippen LogP contribution in [0, 0.1) is 10.1 Å². The molecule has 3 rings (SSSR count). The second-order valence-corrected chi connectivity index (χ2v) is 5.95. The van der Waals surface area contributed by atoms with Crippen molar-refractivity contribution < 1.29 is 14.1 Å². The minimum absolute atomic E-state index is 0.0791. The second-order valence-electron chi connectivity index (χ2n) is 4.55. The van der Waals surface area contributed by atoms with Crippen molar-refractivity contribution in [3.05, 3.63) is 57.6 Å². The molecule has 0 N–H and O–H groups in total. The van der Waals surface area contributed by atoms with E-state index in [1.807, 2.05) is 12.1 Å². The molecule has 0 spiro atoms. The van der Waals surface area contributed by atoms with Gasteiger partial charge in [0.1, 0.15) is 5.75 Å². The summed E-state index contributed by atoms with van der Waals surface area (Å²) in [6, 6.07) is 11.5. The van der Waals surface area contributed by atoms with E-state index in [1.165, 1.54) is 18.2 Å². The van der Waals surface area contributed by atoms with E-state index in [9.17, 15) is 10.1 Å². The SMILES string of the molecule is COc1ccccc1-c1nnc(Sc2ccc([N+](=O)[O-])cc2Cl)o1. The molecule has 0 atom stereocenters. The number of benzene rings is 2. The number of methoxy groups -OCH3 is 1. The van der Waals surface area contributed by atoms with Gasteiger partial charge in [0, 0.05) is 17.0 Å². The summed E-state index contributed by atoms with van der Waals surface area (Å²) in [5.74, 6) is 0.930. The highest BCUT2D eigenvalue weighted by Gasteiger charge is 2.16. The Kier molecular flexibility index (Phi) is 4.68.